The molecule has 2 rings (SSSR count). The molecule has 1 aliphatic heterocycles. The van der Waals surface area contributed by atoms with Gasteiger partial charge in [0.25, 0.3) is 0 Å². The fourth-order valence-corrected chi connectivity index (χ4v) is 2.66. The molecule has 3 nitrogen and oxygen atoms in total. The summed E-state index contributed by atoms with van der Waals surface area (Å²) < 4.78 is 29.3. The van der Waals surface area contributed by atoms with Gasteiger partial charge in [0.1, 0.15) is 5.75 Å². The molecule has 2 atom stereocenters. The maximum atomic E-state index is 12.4. The van der Waals surface area contributed by atoms with E-state index in [1.165, 1.54) is 0 Å². The lowest BCUT2D eigenvalue weighted by atomic mass is 10.1. The van der Waals surface area contributed by atoms with Crippen molar-refractivity contribution in [2.24, 2.45) is 0 Å². The predicted molar refractivity (Wildman–Crippen MR) is 70.4 cm³/mol. The molecule has 2 unspecified atom stereocenters. The Morgan fingerprint density at radius 3 is 2.53 bits per heavy atom. The number of hydrogen-bond acceptors (Lipinski definition) is 3. The lowest BCUT2D eigenvalue weighted by Gasteiger charge is -2.36. The van der Waals surface area contributed by atoms with Gasteiger partial charge in [0.05, 0.1) is 0 Å². The van der Waals surface area contributed by atoms with Gasteiger partial charge in [0.15, 0.2) is 0 Å². The van der Waals surface area contributed by atoms with Crippen LogP contribution in [0.4, 0.5) is 8.78 Å². The fraction of sp³-hybridized carbons (Fsp3) is 0.571. The van der Waals surface area contributed by atoms with E-state index in [9.17, 15) is 8.78 Å². The molecular formula is C14H20F2N2O. The van der Waals surface area contributed by atoms with Crippen molar-refractivity contribution in [1.82, 2.24) is 10.2 Å². The van der Waals surface area contributed by atoms with Crippen LogP contribution in [-0.4, -0.2) is 36.7 Å². The zero-order valence-corrected chi connectivity index (χ0v) is 11.3. The molecule has 1 aromatic rings. The molecule has 1 fully saturated rings. The number of halogens is 2. The molecule has 0 saturated carbocycles. The second kappa shape index (κ2) is 6.30. The standard InChI is InChI=1S/C14H20F2N2O/c1-10-7-18(8-11(2)17-10)9-12-5-3-4-6-13(12)19-14(15)16/h3-6,10-11,14,17H,7-9H2,1-2H3. The normalized spacial score (nSPS) is 24.7. The van der Waals surface area contributed by atoms with Crippen molar-refractivity contribution in [1.29, 1.82) is 0 Å². The van der Waals surface area contributed by atoms with Gasteiger partial charge in [-0.25, -0.2) is 0 Å². The maximum absolute atomic E-state index is 12.4. The Kier molecular flexibility index (Phi) is 4.71. The van der Waals surface area contributed by atoms with Gasteiger partial charge in [-0.3, -0.25) is 4.90 Å². The summed E-state index contributed by atoms with van der Waals surface area (Å²) in [5, 5.41) is 3.45. The molecule has 0 aliphatic carbocycles. The Morgan fingerprint density at radius 1 is 1.26 bits per heavy atom. The van der Waals surface area contributed by atoms with Gasteiger partial charge >= 0.3 is 6.61 Å². The highest BCUT2D eigenvalue weighted by molar-refractivity contribution is 5.33. The van der Waals surface area contributed by atoms with Crippen LogP contribution in [0.5, 0.6) is 5.75 Å². The first kappa shape index (κ1) is 14.2. The van der Waals surface area contributed by atoms with Crippen LogP contribution in [-0.2, 0) is 6.54 Å². The van der Waals surface area contributed by atoms with Gasteiger partial charge in [-0.2, -0.15) is 8.78 Å². The van der Waals surface area contributed by atoms with Gasteiger partial charge in [0, 0.05) is 37.3 Å². The van der Waals surface area contributed by atoms with E-state index in [1.54, 1.807) is 12.1 Å². The molecule has 0 radical (unpaired) electrons. The Hall–Kier alpha value is -1.20. The molecule has 1 saturated heterocycles. The summed E-state index contributed by atoms with van der Waals surface area (Å²) in [5.74, 6) is 0.274. The largest absolute Gasteiger partial charge is 0.434 e. The maximum Gasteiger partial charge on any atom is 0.387 e. The zero-order chi connectivity index (χ0) is 13.8. The lowest BCUT2D eigenvalue weighted by molar-refractivity contribution is -0.0508. The number of nitrogens with zero attached hydrogens (tertiary/aromatic N) is 1. The van der Waals surface area contributed by atoms with Crippen molar-refractivity contribution >= 4 is 0 Å². The first-order valence-electron chi connectivity index (χ1n) is 6.55. The minimum Gasteiger partial charge on any atom is -0.434 e. The van der Waals surface area contributed by atoms with E-state index in [4.69, 9.17) is 0 Å². The Labute approximate surface area is 112 Å². The summed E-state index contributed by atoms with van der Waals surface area (Å²) in [6.45, 7) is 3.94. The molecule has 0 spiro atoms. The second-order valence-corrected chi connectivity index (χ2v) is 5.15. The summed E-state index contributed by atoms with van der Waals surface area (Å²) in [6, 6.07) is 7.82. The third-order valence-electron chi connectivity index (χ3n) is 3.22. The third-order valence-corrected chi connectivity index (χ3v) is 3.22. The average molecular weight is 270 g/mol. The number of benzene rings is 1. The number of piperazine rings is 1. The highest BCUT2D eigenvalue weighted by atomic mass is 19.3. The van der Waals surface area contributed by atoms with Gasteiger partial charge in [-0.1, -0.05) is 18.2 Å². The molecule has 1 aromatic carbocycles. The molecule has 1 heterocycles. The van der Waals surface area contributed by atoms with Gasteiger partial charge in [-0.15, -0.1) is 0 Å². The van der Waals surface area contributed by atoms with Crippen LogP contribution in [0.3, 0.4) is 0 Å². The van der Waals surface area contributed by atoms with Crippen LogP contribution in [0.15, 0.2) is 24.3 Å². The average Bonchev–Trinajstić information content (AvgIpc) is 2.29. The van der Waals surface area contributed by atoms with E-state index in [0.29, 0.717) is 18.6 Å². The van der Waals surface area contributed by atoms with E-state index in [1.807, 2.05) is 12.1 Å². The monoisotopic (exact) mass is 270 g/mol. The zero-order valence-electron chi connectivity index (χ0n) is 11.3. The summed E-state index contributed by atoms with van der Waals surface area (Å²) >= 11 is 0. The van der Waals surface area contributed by atoms with Crippen LogP contribution in [0.2, 0.25) is 0 Å². The van der Waals surface area contributed by atoms with Crippen LogP contribution >= 0.6 is 0 Å². The third kappa shape index (κ3) is 4.14. The second-order valence-electron chi connectivity index (χ2n) is 5.15. The van der Waals surface area contributed by atoms with Crippen molar-refractivity contribution < 1.29 is 13.5 Å². The quantitative estimate of drug-likeness (QED) is 0.909. The summed E-state index contributed by atoms with van der Waals surface area (Å²) in [7, 11) is 0. The molecule has 1 aliphatic rings. The Morgan fingerprint density at radius 2 is 1.89 bits per heavy atom. The lowest BCUT2D eigenvalue weighted by Crippen LogP contribution is -2.53. The fourth-order valence-electron chi connectivity index (χ4n) is 2.66. The highest BCUT2D eigenvalue weighted by Gasteiger charge is 2.22. The van der Waals surface area contributed by atoms with E-state index in [2.05, 4.69) is 28.8 Å². The molecule has 0 amide bonds. The van der Waals surface area contributed by atoms with E-state index < -0.39 is 6.61 Å². The first-order valence-corrected chi connectivity index (χ1v) is 6.55. The molecule has 5 heteroatoms. The van der Waals surface area contributed by atoms with Gasteiger partial charge in [0.2, 0.25) is 0 Å². The number of para-hydroxylation sites is 1. The van der Waals surface area contributed by atoms with Crippen molar-refractivity contribution in [3.8, 4) is 5.75 Å². The number of nitrogens with one attached hydrogen (secondary N) is 1. The number of ether oxygens (including phenoxy) is 1. The summed E-state index contributed by atoms with van der Waals surface area (Å²) in [5.41, 5.74) is 0.809. The molecule has 0 aromatic heterocycles. The molecule has 106 valence electrons. The molecule has 19 heavy (non-hydrogen) atoms. The Balaban J connectivity index is 2.05. The number of rotatable bonds is 4. The highest BCUT2D eigenvalue weighted by Crippen LogP contribution is 2.22. The topological polar surface area (TPSA) is 24.5 Å². The number of hydrogen-bond donors (Lipinski definition) is 1. The van der Waals surface area contributed by atoms with E-state index in [-0.39, 0.29) is 5.75 Å². The van der Waals surface area contributed by atoms with Crippen LogP contribution in [0, 0.1) is 0 Å². The van der Waals surface area contributed by atoms with Crippen molar-refractivity contribution in [2.45, 2.75) is 39.1 Å². The van der Waals surface area contributed by atoms with Crippen molar-refractivity contribution in [2.75, 3.05) is 13.1 Å². The van der Waals surface area contributed by atoms with Crippen molar-refractivity contribution in [3.05, 3.63) is 29.8 Å². The van der Waals surface area contributed by atoms with Gasteiger partial charge in [-0.05, 0) is 19.9 Å². The minimum absolute atomic E-state index is 0.274. The van der Waals surface area contributed by atoms with E-state index in [0.717, 1.165) is 18.7 Å². The van der Waals surface area contributed by atoms with Gasteiger partial charge < -0.3 is 10.1 Å². The molecule has 0 bridgehead atoms. The van der Waals surface area contributed by atoms with Crippen LogP contribution < -0.4 is 10.1 Å². The van der Waals surface area contributed by atoms with Crippen molar-refractivity contribution in [3.63, 3.8) is 0 Å². The number of alkyl halides is 2. The SMILES string of the molecule is CC1CN(Cc2ccccc2OC(F)F)CC(C)N1. The molecule has 1 N–H and O–H groups in total. The van der Waals surface area contributed by atoms with E-state index >= 15 is 0 Å². The summed E-state index contributed by atoms with van der Waals surface area (Å²) in [6.07, 6.45) is 0. The minimum atomic E-state index is -2.78. The van der Waals surface area contributed by atoms with Crippen LogP contribution in [0.25, 0.3) is 0 Å². The molecular weight excluding hydrogens is 250 g/mol. The smallest absolute Gasteiger partial charge is 0.387 e. The van der Waals surface area contributed by atoms with Crippen LogP contribution in [0.1, 0.15) is 19.4 Å². The predicted octanol–water partition coefficient (Wildman–Crippen LogP) is 2.47. The Bertz CT molecular complexity index is 404. The first-order chi connectivity index (χ1) is 9.04. The summed E-state index contributed by atoms with van der Waals surface area (Å²) in [4.78, 5) is 2.26.